The van der Waals surface area contributed by atoms with Crippen LogP contribution < -0.4 is 10.3 Å². The highest BCUT2D eigenvalue weighted by atomic mass is 32.2. The van der Waals surface area contributed by atoms with Crippen LogP contribution in [0.4, 0.5) is 0 Å². The zero-order valence-electron chi connectivity index (χ0n) is 10.5. The van der Waals surface area contributed by atoms with E-state index in [4.69, 9.17) is 0 Å². The molecule has 1 aliphatic rings. The van der Waals surface area contributed by atoms with Crippen LogP contribution in [-0.4, -0.2) is 31.2 Å². The van der Waals surface area contributed by atoms with Gasteiger partial charge in [0.05, 0.1) is 11.0 Å². The molecule has 0 radical (unpaired) electrons. The highest BCUT2D eigenvalue weighted by Gasteiger charge is 2.25. The van der Waals surface area contributed by atoms with Crippen molar-refractivity contribution in [2.45, 2.75) is 36.7 Å². The third-order valence-electron chi connectivity index (χ3n) is 3.47. The van der Waals surface area contributed by atoms with Crippen molar-refractivity contribution in [3.05, 3.63) is 28.7 Å². The maximum atomic E-state index is 12.0. The van der Waals surface area contributed by atoms with Gasteiger partial charge in [-0.2, -0.15) is 0 Å². The zero-order valence-corrected chi connectivity index (χ0v) is 11.3. The molecule has 0 amide bonds. The van der Waals surface area contributed by atoms with Crippen LogP contribution in [0.5, 0.6) is 0 Å². The van der Waals surface area contributed by atoms with Crippen LogP contribution in [-0.2, 0) is 10.0 Å². The lowest BCUT2D eigenvalue weighted by Crippen LogP contribution is -2.36. The Hall–Kier alpha value is -1.18. The van der Waals surface area contributed by atoms with Crippen molar-refractivity contribution in [3.8, 4) is 0 Å². The van der Waals surface area contributed by atoms with Gasteiger partial charge in [0.1, 0.15) is 0 Å². The molecule has 2 unspecified atom stereocenters. The SMILES string of the molecule is O=c1ccc(S(=O)(=O)NCC2CCCCC2O)c[nH]1. The van der Waals surface area contributed by atoms with Crippen molar-refractivity contribution < 1.29 is 13.5 Å². The Morgan fingerprint density at radius 3 is 2.68 bits per heavy atom. The molecule has 1 heterocycles. The Kier molecular flexibility index (Phi) is 4.38. The summed E-state index contributed by atoms with van der Waals surface area (Å²) in [4.78, 5) is 13.2. The molecule has 2 atom stereocenters. The molecule has 19 heavy (non-hydrogen) atoms. The monoisotopic (exact) mass is 286 g/mol. The summed E-state index contributed by atoms with van der Waals surface area (Å²) in [6.07, 6.45) is 4.29. The first kappa shape index (κ1) is 14.2. The summed E-state index contributed by atoms with van der Waals surface area (Å²) in [6.45, 7) is 0.225. The van der Waals surface area contributed by atoms with E-state index in [0.29, 0.717) is 0 Å². The molecule has 1 aromatic rings. The van der Waals surface area contributed by atoms with E-state index >= 15 is 0 Å². The number of aromatic amines is 1. The third-order valence-corrected chi connectivity index (χ3v) is 4.89. The van der Waals surface area contributed by atoms with E-state index in [9.17, 15) is 18.3 Å². The number of aliphatic hydroxyl groups excluding tert-OH is 1. The third kappa shape index (κ3) is 3.65. The first-order valence-corrected chi connectivity index (χ1v) is 7.84. The Morgan fingerprint density at radius 2 is 2.05 bits per heavy atom. The van der Waals surface area contributed by atoms with E-state index in [1.54, 1.807) is 0 Å². The molecule has 106 valence electrons. The van der Waals surface area contributed by atoms with Gasteiger partial charge in [0, 0.05) is 18.8 Å². The molecule has 0 saturated heterocycles. The van der Waals surface area contributed by atoms with Crippen molar-refractivity contribution in [2.24, 2.45) is 5.92 Å². The van der Waals surface area contributed by atoms with Crippen molar-refractivity contribution in [1.29, 1.82) is 0 Å². The molecule has 0 spiro atoms. The fraction of sp³-hybridized carbons (Fsp3) is 0.583. The molecule has 0 aromatic carbocycles. The normalized spacial score (nSPS) is 24.3. The fourth-order valence-electron chi connectivity index (χ4n) is 2.29. The minimum atomic E-state index is -3.63. The van der Waals surface area contributed by atoms with Crippen LogP contribution in [0.3, 0.4) is 0 Å². The number of pyridine rings is 1. The molecule has 1 fully saturated rings. The summed E-state index contributed by atoms with van der Waals surface area (Å²) >= 11 is 0. The van der Waals surface area contributed by atoms with Gasteiger partial charge in [-0.25, -0.2) is 13.1 Å². The second-order valence-corrected chi connectivity index (χ2v) is 6.62. The van der Waals surface area contributed by atoms with Crippen molar-refractivity contribution in [3.63, 3.8) is 0 Å². The number of rotatable bonds is 4. The fourth-order valence-corrected chi connectivity index (χ4v) is 3.35. The number of H-pyrrole nitrogens is 1. The van der Waals surface area contributed by atoms with Crippen LogP contribution in [0.2, 0.25) is 0 Å². The van der Waals surface area contributed by atoms with Gasteiger partial charge in [0.2, 0.25) is 15.6 Å². The highest BCUT2D eigenvalue weighted by Crippen LogP contribution is 2.24. The van der Waals surface area contributed by atoms with E-state index in [1.807, 2.05) is 0 Å². The van der Waals surface area contributed by atoms with Gasteiger partial charge in [-0.05, 0) is 24.8 Å². The van der Waals surface area contributed by atoms with Crippen LogP contribution in [0.15, 0.2) is 28.0 Å². The highest BCUT2D eigenvalue weighted by molar-refractivity contribution is 7.89. The van der Waals surface area contributed by atoms with Crippen LogP contribution >= 0.6 is 0 Å². The maximum Gasteiger partial charge on any atom is 0.247 e. The average molecular weight is 286 g/mol. The number of sulfonamides is 1. The molecule has 1 aromatic heterocycles. The smallest absolute Gasteiger partial charge is 0.247 e. The lowest BCUT2D eigenvalue weighted by Gasteiger charge is -2.27. The van der Waals surface area contributed by atoms with Crippen LogP contribution in [0.25, 0.3) is 0 Å². The lowest BCUT2D eigenvalue weighted by molar-refractivity contribution is 0.0724. The largest absolute Gasteiger partial charge is 0.393 e. The minimum Gasteiger partial charge on any atom is -0.393 e. The molecule has 0 bridgehead atoms. The number of nitrogens with one attached hydrogen (secondary N) is 2. The Bertz CT molecular complexity index is 561. The zero-order chi connectivity index (χ0) is 13.9. The summed E-state index contributed by atoms with van der Waals surface area (Å²) in [5, 5.41) is 9.79. The van der Waals surface area contributed by atoms with Gasteiger partial charge < -0.3 is 10.1 Å². The topological polar surface area (TPSA) is 99.3 Å². The molecule has 2 rings (SSSR count). The van der Waals surface area contributed by atoms with E-state index in [0.717, 1.165) is 25.7 Å². The first-order chi connectivity index (χ1) is 8.99. The van der Waals surface area contributed by atoms with Gasteiger partial charge in [-0.1, -0.05) is 12.8 Å². The molecular weight excluding hydrogens is 268 g/mol. The molecule has 6 nitrogen and oxygen atoms in total. The molecule has 7 heteroatoms. The Balaban J connectivity index is 2.01. The van der Waals surface area contributed by atoms with E-state index in [1.165, 1.54) is 18.3 Å². The minimum absolute atomic E-state index is 0.0254. The van der Waals surface area contributed by atoms with E-state index in [-0.39, 0.29) is 22.9 Å². The summed E-state index contributed by atoms with van der Waals surface area (Å²) in [7, 11) is -3.63. The standard InChI is InChI=1S/C12H18N2O4S/c15-11-4-2-1-3-9(11)7-14-19(17,18)10-5-6-12(16)13-8-10/h5-6,8-9,11,14-15H,1-4,7H2,(H,13,16). The second-order valence-electron chi connectivity index (χ2n) is 4.85. The lowest BCUT2D eigenvalue weighted by atomic mass is 9.87. The van der Waals surface area contributed by atoms with Crippen LogP contribution in [0.1, 0.15) is 25.7 Å². The summed E-state index contributed by atoms with van der Waals surface area (Å²) in [6, 6.07) is 2.43. The van der Waals surface area contributed by atoms with Gasteiger partial charge in [0.15, 0.2) is 0 Å². The Morgan fingerprint density at radius 1 is 1.32 bits per heavy atom. The van der Waals surface area contributed by atoms with Crippen molar-refractivity contribution in [1.82, 2.24) is 9.71 Å². The summed E-state index contributed by atoms with van der Waals surface area (Å²) in [5.41, 5.74) is -0.346. The van der Waals surface area contributed by atoms with E-state index < -0.39 is 16.1 Å². The Labute approximate surface area is 111 Å². The predicted molar refractivity (Wildman–Crippen MR) is 70.2 cm³/mol. The van der Waals surface area contributed by atoms with Gasteiger partial charge in [-0.3, -0.25) is 4.79 Å². The molecular formula is C12H18N2O4S. The molecule has 1 aliphatic carbocycles. The number of hydrogen-bond donors (Lipinski definition) is 3. The number of aromatic nitrogens is 1. The van der Waals surface area contributed by atoms with Crippen molar-refractivity contribution in [2.75, 3.05) is 6.54 Å². The average Bonchev–Trinajstić information content (AvgIpc) is 2.38. The van der Waals surface area contributed by atoms with Crippen LogP contribution in [0, 0.1) is 5.92 Å². The van der Waals surface area contributed by atoms with Gasteiger partial charge in [0.25, 0.3) is 0 Å². The quantitative estimate of drug-likeness (QED) is 0.736. The van der Waals surface area contributed by atoms with Crippen molar-refractivity contribution >= 4 is 10.0 Å². The molecule has 0 aliphatic heterocycles. The summed E-state index contributed by atoms with van der Waals surface area (Å²) < 4.78 is 26.4. The van der Waals surface area contributed by atoms with Gasteiger partial charge in [-0.15, -0.1) is 0 Å². The maximum absolute atomic E-state index is 12.0. The van der Waals surface area contributed by atoms with Gasteiger partial charge >= 0.3 is 0 Å². The molecule has 3 N–H and O–H groups in total. The van der Waals surface area contributed by atoms with E-state index in [2.05, 4.69) is 9.71 Å². The predicted octanol–water partition coefficient (Wildman–Crippen LogP) is 0.204. The molecule has 1 saturated carbocycles. The second kappa shape index (κ2) is 5.85. The first-order valence-electron chi connectivity index (χ1n) is 6.35. The summed E-state index contributed by atoms with van der Waals surface area (Å²) in [5.74, 6) is -0.0358. The number of aliphatic hydroxyl groups is 1. The number of hydrogen-bond acceptors (Lipinski definition) is 4.